The molecule has 1 fully saturated rings. The molecule has 4 rings (SSSR count). The Balaban J connectivity index is 1.55. The molecule has 1 unspecified atom stereocenters. The van der Waals surface area contributed by atoms with Crippen molar-refractivity contribution >= 4 is 45.0 Å². The molecule has 0 spiro atoms. The zero-order valence-electron chi connectivity index (χ0n) is 15.9. The maximum absolute atomic E-state index is 12.3. The standard InChI is InChI=1S/C19H19N5O4S/c1-10-20-8-16(29-10)21-15(26)9-28-13-5-3-4-11-17(23-24(2)18(11)13)12-6-7-14(25)22-19(12)27/h3-5,8,12H,6-7,9H2,1-2H3,(H,21,26)(H,22,25,27). The Labute approximate surface area is 170 Å². The number of hydrogen-bond donors (Lipinski definition) is 2. The summed E-state index contributed by atoms with van der Waals surface area (Å²) in [5.41, 5.74) is 1.29. The topological polar surface area (TPSA) is 115 Å². The highest BCUT2D eigenvalue weighted by Crippen LogP contribution is 2.34. The van der Waals surface area contributed by atoms with Crippen LogP contribution in [0.5, 0.6) is 5.75 Å². The van der Waals surface area contributed by atoms with Crippen molar-refractivity contribution < 1.29 is 19.1 Å². The number of para-hydroxylation sites is 1. The third kappa shape index (κ3) is 3.83. The van der Waals surface area contributed by atoms with Crippen LogP contribution in [-0.4, -0.2) is 39.1 Å². The molecular formula is C19H19N5O4S. The number of ether oxygens (including phenoxy) is 1. The van der Waals surface area contributed by atoms with Crippen LogP contribution in [0.3, 0.4) is 0 Å². The van der Waals surface area contributed by atoms with Crippen molar-refractivity contribution in [3.63, 3.8) is 0 Å². The van der Waals surface area contributed by atoms with Gasteiger partial charge >= 0.3 is 0 Å². The summed E-state index contributed by atoms with van der Waals surface area (Å²) < 4.78 is 7.38. The molecule has 9 nitrogen and oxygen atoms in total. The number of thiazole rings is 1. The van der Waals surface area contributed by atoms with Gasteiger partial charge in [0.2, 0.25) is 11.8 Å². The van der Waals surface area contributed by atoms with E-state index in [0.29, 0.717) is 28.4 Å². The molecule has 3 amide bonds. The van der Waals surface area contributed by atoms with E-state index in [-0.39, 0.29) is 30.7 Å². The Morgan fingerprint density at radius 1 is 1.41 bits per heavy atom. The van der Waals surface area contributed by atoms with Gasteiger partial charge in [-0.25, -0.2) is 4.98 Å². The van der Waals surface area contributed by atoms with Gasteiger partial charge in [-0.05, 0) is 19.4 Å². The number of aromatic nitrogens is 3. The van der Waals surface area contributed by atoms with Crippen LogP contribution >= 0.6 is 11.3 Å². The number of carbonyl (C=O) groups is 3. The quantitative estimate of drug-likeness (QED) is 0.617. The lowest BCUT2D eigenvalue weighted by atomic mass is 9.93. The number of benzene rings is 1. The van der Waals surface area contributed by atoms with Gasteiger partial charge in [0, 0.05) is 18.9 Å². The van der Waals surface area contributed by atoms with Crippen molar-refractivity contribution in [1.82, 2.24) is 20.1 Å². The number of nitrogens with one attached hydrogen (secondary N) is 2. The first kappa shape index (κ1) is 19.1. The molecule has 29 heavy (non-hydrogen) atoms. The minimum absolute atomic E-state index is 0.172. The highest BCUT2D eigenvalue weighted by molar-refractivity contribution is 7.15. The van der Waals surface area contributed by atoms with Crippen molar-refractivity contribution in [2.75, 3.05) is 11.9 Å². The molecule has 1 atom stereocenters. The van der Waals surface area contributed by atoms with Gasteiger partial charge in [-0.1, -0.05) is 12.1 Å². The van der Waals surface area contributed by atoms with Crippen LogP contribution < -0.4 is 15.4 Å². The molecule has 0 radical (unpaired) electrons. The van der Waals surface area contributed by atoms with E-state index in [1.807, 2.05) is 13.0 Å². The summed E-state index contributed by atoms with van der Waals surface area (Å²) in [4.78, 5) is 40.0. The van der Waals surface area contributed by atoms with Crippen molar-refractivity contribution in [3.05, 3.63) is 35.1 Å². The van der Waals surface area contributed by atoms with Gasteiger partial charge in [0.1, 0.15) is 16.3 Å². The fraction of sp³-hybridized carbons (Fsp3) is 0.316. The van der Waals surface area contributed by atoms with E-state index in [0.717, 1.165) is 10.4 Å². The molecule has 1 aliphatic rings. The molecule has 2 N–H and O–H groups in total. The van der Waals surface area contributed by atoms with Gasteiger partial charge in [0.15, 0.2) is 6.61 Å². The highest BCUT2D eigenvalue weighted by atomic mass is 32.1. The second-order valence-electron chi connectivity index (χ2n) is 6.75. The number of hydrogen-bond acceptors (Lipinski definition) is 7. The molecular weight excluding hydrogens is 394 g/mol. The van der Waals surface area contributed by atoms with E-state index in [2.05, 4.69) is 20.7 Å². The molecule has 1 aliphatic heterocycles. The van der Waals surface area contributed by atoms with Crippen LogP contribution in [0.1, 0.15) is 29.5 Å². The highest BCUT2D eigenvalue weighted by Gasteiger charge is 2.32. The SMILES string of the molecule is Cc1ncc(NC(=O)COc2cccc3c(C4CCC(=O)NC4=O)nn(C)c23)s1. The first-order valence-corrected chi connectivity index (χ1v) is 9.88. The third-order valence-corrected chi connectivity index (χ3v) is 5.50. The van der Waals surface area contributed by atoms with Gasteiger partial charge in [0.25, 0.3) is 5.91 Å². The van der Waals surface area contributed by atoms with E-state index in [4.69, 9.17) is 4.74 Å². The first-order valence-electron chi connectivity index (χ1n) is 9.07. The van der Waals surface area contributed by atoms with Crippen LogP contribution in [0.15, 0.2) is 24.4 Å². The fourth-order valence-electron chi connectivity index (χ4n) is 3.39. The maximum atomic E-state index is 12.3. The van der Waals surface area contributed by atoms with E-state index in [1.54, 1.807) is 30.1 Å². The van der Waals surface area contributed by atoms with E-state index >= 15 is 0 Å². The summed E-state index contributed by atoms with van der Waals surface area (Å²) >= 11 is 1.39. The first-order chi connectivity index (χ1) is 13.9. The number of carbonyl (C=O) groups excluding carboxylic acids is 3. The fourth-order valence-corrected chi connectivity index (χ4v) is 4.09. The predicted molar refractivity (Wildman–Crippen MR) is 107 cm³/mol. The summed E-state index contributed by atoms with van der Waals surface area (Å²) in [6.45, 7) is 1.69. The molecule has 3 aromatic rings. The zero-order valence-corrected chi connectivity index (χ0v) is 16.7. The van der Waals surface area contributed by atoms with Crippen LogP contribution in [0, 0.1) is 6.92 Å². The lowest BCUT2D eigenvalue weighted by molar-refractivity contribution is -0.134. The lowest BCUT2D eigenvalue weighted by Crippen LogP contribution is -2.39. The summed E-state index contributed by atoms with van der Waals surface area (Å²) in [6, 6.07) is 5.40. The molecule has 2 aromatic heterocycles. The summed E-state index contributed by atoms with van der Waals surface area (Å²) in [5, 5.41) is 11.9. The van der Waals surface area contributed by atoms with Crippen LogP contribution in [0.2, 0.25) is 0 Å². The van der Waals surface area contributed by atoms with Crippen molar-refractivity contribution in [3.8, 4) is 5.75 Å². The summed E-state index contributed by atoms with van der Waals surface area (Å²) in [6.07, 6.45) is 2.30. The Hall–Kier alpha value is -3.27. The molecule has 10 heteroatoms. The number of fused-ring (bicyclic) bond motifs is 1. The van der Waals surface area contributed by atoms with Crippen molar-refractivity contribution in [1.29, 1.82) is 0 Å². The number of aryl methyl sites for hydroxylation is 2. The molecule has 3 heterocycles. The Bertz CT molecular complexity index is 1120. The third-order valence-electron chi connectivity index (χ3n) is 4.67. The summed E-state index contributed by atoms with van der Waals surface area (Å²) in [7, 11) is 1.75. The normalized spacial score (nSPS) is 16.7. The molecule has 150 valence electrons. The molecule has 1 saturated heterocycles. The second-order valence-corrected chi connectivity index (χ2v) is 7.98. The van der Waals surface area contributed by atoms with Gasteiger partial charge < -0.3 is 10.1 Å². The predicted octanol–water partition coefficient (Wildman–Crippen LogP) is 1.88. The maximum Gasteiger partial charge on any atom is 0.262 e. The molecule has 0 saturated carbocycles. The van der Waals surface area contributed by atoms with Gasteiger partial charge in [-0.15, -0.1) is 11.3 Å². The van der Waals surface area contributed by atoms with E-state index in [1.165, 1.54) is 11.3 Å². The number of rotatable bonds is 5. The Morgan fingerprint density at radius 3 is 2.97 bits per heavy atom. The number of imide groups is 1. The largest absolute Gasteiger partial charge is 0.481 e. The van der Waals surface area contributed by atoms with E-state index in [9.17, 15) is 14.4 Å². The molecule has 1 aromatic carbocycles. The molecule has 0 aliphatic carbocycles. The number of piperidine rings is 1. The minimum Gasteiger partial charge on any atom is -0.481 e. The number of nitrogens with zero attached hydrogens (tertiary/aromatic N) is 3. The average Bonchev–Trinajstić information content (AvgIpc) is 3.23. The van der Waals surface area contributed by atoms with E-state index < -0.39 is 5.92 Å². The second kappa shape index (κ2) is 7.63. The van der Waals surface area contributed by atoms with Crippen molar-refractivity contribution in [2.45, 2.75) is 25.7 Å². The average molecular weight is 413 g/mol. The lowest BCUT2D eigenvalue weighted by Gasteiger charge is -2.19. The summed E-state index contributed by atoms with van der Waals surface area (Å²) in [5.74, 6) is -0.904. The number of anilines is 1. The van der Waals surface area contributed by atoms with Crippen molar-refractivity contribution in [2.24, 2.45) is 7.05 Å². The molecule has 0 bridgehead atoms. The Kier molecular flexibility index (Phi) is 5.01. The smallest absolute Gasteiger partial charge is 0.262 e. The van der Waals surface area contributed by atoms with Crippen LogP contribution in [-0.2, 0) is 21.4 Å². The van der Waals surface area contributed by atoms with Gasteiger partial charge in [-0.2, -0.15) is 5.10 Å². The van der Waals surface area contributed by atoms with Crippen LogP contribution in [0.4, 0.5) is 5.00 Å². The minimum atomic E-state index is -0.496. The van der Waals surface area contributed by atoms with Gasteiger partial charge in [-0.3, -0.25) is 24.4 Å². The monoisotopic (exact) mass is 413 g/mol. The van der Waals surface area contributed by atoms with Crippen LogP contribution in [0.25, 0.3) is 10.9 Å². The zero-order chi connectivity index (χ0) is 20.5. The van der Waals surface area contributed by atoms with Gasteiger partial charge in [0.05, 0.1) is 22.8 Å². The number of amides is 3. The Morgan fingerprint density at radius 2 is 2.24 bits per heavy atom.